The van der Waals surface area contributed by atoms with Crippen LogP contribution in [0.4, 0.5) is 9.39 Å². The van der Waals surface area contributed by atoms with Crippen LogP contribution in [0.15, 0.2) is 18.2 Å². The first-order valence-electron chi connectivity index (χ1n) is 4.26. The number of nitrogen functional groups attached to an aromatic ring is 1. The lowest BCUT2D eigenvalue weighted by Gasteiger charge is -1.98. The molecule has 78 valence electrons. The SMILES string of the molecule is Cc1nc(-c2cc(Cl)ccc2F)sc1N. The Hall–Kier alpha value is -1.13. The Labute approximate surface area is 95.5 Å². The fourth-order valence-electron chi connectivity index (χ4n) is 1.18. The maximum Gasteiger partial charge on any atom is 0.133 e. The van der Waals surface area contributed by atoms with Crippen LogP contribution in [-0.2, 0) is 0 Å². The van der Waals surface area contributed by atoms with Gasteiger partial charge in [-0.3, -0.25) is 0 Å². The van der Waals surface area contributed by atoms with Gasteiger partial charge in [0.25, 0.3) is 0 Å². The highest BCUT2D eigenvalue weighted by molar-refractivity contribution is 7.18. The molecule has 0 saturated carbocycles. The van der Waals surface area contributed by atoms with Crippen molar-refractivity contribution in [2.45, 2.75) is 6.92 Å². The Morgan fingerprint density at radius 3 is 2.80 bits per heavy atom. The molecular formula is C10H8ClFN2S. The van der Waals surface area contributed by atoms with Gasteiger partial charge in [0.15, 0.2) is 0 Å². The number of benzene rings is 1. The summed E-state index contributed by atoms with van der Waals surface area (Å²) in [6.45, 7) is 1.79. The van der Waals surface area contributed by atoms with Crippen molar-refractivity contribution < 1.29 is 4.39 Å². The summed E-state index contributed by atoms with van der Waals surface area (Å²) in [7, 11) is 0. The lowest BCUT2D eigenvalue weighted by atomic mass is 10.2. The zero-order valence-electron chi connectivity index (χ0n) is 7.92. The van der Waals surface area contributed by atoms with Crippen LogP contribution < -0.4 is 5.73 Å². The molecule has 0 fully saturated rings. The smallest absolute Gasteiger partial charge is 0.133 e. The molecule has 0 radical (unpaired) electrons. The number of halogens is 2. The Balaban J connectivity index is 2.58. The van der Waals surface area contributed by atoms with E-state index >= 15 is 0 Å². The second-order valence-corrected chi connectivity index (χ2v) is 4.56. The molecule has 2 nitrogen and oxygen atoms in total. The quantitative estimate of drug-likeness (QED) is 0.831. The van der Waals surface area contributed by atoms with E-state index in [1.54, 1.807) is 13.0 Å². The minimum absolute atomic E-state index is 0.340. The average molecular weight is 243 g/mol. The van der Waals surface area contributed by atoms with Crippen molar-refractivity contribution >= 4 is 27.9 Å². The van der Waals surface area contributed by atoms with Gasteiger partial charge in [-0.1, -0.05) is 22.9 Å². The molecule has 1 aromatic heterocycles. The number of hydrogen-bond acceptors (Lipinski definition) is 3. The van der Waals surface area contributed by atoms with E-state index in [0.717, 1.165) is 5.69 Å². The fraction of sp³-hybridized carbons (Fsp3) is 0.100. The minimum Gasteiger partial charge on any atom is -0.389 e. The van der Waals surface area contributed by atoms with E-state index in [-0.39, 0.29) is 5.82 Å². The highest BCUT2D eigenvalue weighted by Gasteiger charge is 2.11. The molecule has 2 N–H and O–H groups in total. The van der Waals surface area contributed by atoms with E-state index in [1.807, 2.05) is 0 Å². The second kappa shape index (κ2) is 3.79. The Bertz CT molecular complexity index is 491. The number of nitrogens with two attached hydrogens (primary N) is 1. The summed E-state index contributed by atoms with van der Waals surface area (Å²) in [5.74, 6) is -0.340. The first-order valence-corrected chi connectivity index (χ1v) is 5.45. The van der Waals surface area contributed by atoms with Crippen molar-refractivity contribution in [1.29, 1.82) is 0 Å². The van der Waals surface area contributed by atoms with Crippen LogP contribution in [0, 0.1) is 12.7 Å². The largest absolute Gasteiger partial charge is 0.389 e. The van der Waals surface area contributed by atoms with Gasteiger partial charge in [0.1, 0.15) is 15.8 Å². The minimum atomic E-state index is -0.340. The number of anilines is 1. The molecule has 0 aliphatic carbocycles. The predicted molar refractivity (Wildman–Crippen MR) is 61.7 cm³/mol. The van der Waals surface area contributed by atoms with Gasteiger partial charge in [0.2, 0.25) is 0 Å². The number of hydrogen-bond donors (Lipinski definition) is 1. The van der Waals surface area contributed by atoms with E-state index in [2.05, 4.69) is 4.98 Å². The maximum atomic E-state index is 13.5. The van der Waals surface area contributed by atoms with Crippen LogP contribution in [0.5, 0.6) is 0 Å². The predicted octanol–water partition coefficient (Wildman–Crippen LogP) is 3.49. The molecule has 5 heteroatoms. The molecule has 0 amide bonds. The van der Waals surface area contributed by atoms with Gasteiger partial charge in [-0.25, -0.2) is 9.37 Å². The van der Waals surface area contributed by atoms with E-state index in [0.29, 0.717) is 20.6 Å². The van der Waals surface area contributed by atoms with Crippen LogP contribution >= 0.6 is 22.9 Å². The summed E-state index contributed by atoms with van der Waals surface area (Å²) in [4.78, 5) is 4.18. The normalized spacial score (nSPS) is 10.6. The van der Waals surface area contributed by atoms with Crippen LogP contribution in [0.3, 0.4) is 0 Å². The third-order valence-corrected chi connectivity index (χ3v) is 3.25. The number of aromatic nitrogens is 1. The van der Waals surface area contributed by atoms with Gasteiger partial charge < -0.3 is 5.73 Å². The van der Waals surface area contributed by atoms with Gasteiger partial charge in [-0.2, -0.15) is 0 Å². The van der Waals surface area contributed by atoms with Crippen LogP contribution in [-0.4, -0.2) is 4.98 Å². The molecule has 0 aliphatic heterocycles. The molecule has 0 aliphatic rings. The molecule has 1 aromatic carbocycles. The maximum absolute atomic E-state index is 13.5. The monoisotopic (exact) mass is 242 g/mol. The topological polar surface area (TPSA) is 38.9 Å². The summed E-state index contributed by atoms with van der Waals surface area (Å²) >= 11 is 7.05. The van der Waals surface area contributed by atoms with Gasteiger partial charge >= 0.3 is 0 Å². The van der Waals surface area contributed by atoms with Crippen LogP contribution in [0.25, 0.3) is 10.6 Å². The summed E-state index contributed by atoms with van der Waals surface area (Å²) in [6.07, 6.45) is 0. The van der Waals surface area contributed by atoms with Crippen molar-refractivity contribution in [2.24, 2.45) is 0 Å². The van der Waals surface area contributed by atoms with Crippen molar-refractivity contribution in [3.8, 4) is 10.6 Å². The summed E-state index contributed by atoms with van der Waals surface area (Å²) in [5.41, 5.74) is 6.78. The zero-order chi connectivity index (χ0) is 11.0. The second-order valence-electron chi connectivity index (χ2n) is 3.09. The molecule has 15 heavy (non-hydrogen) atoms. The standard InChI is InChI=1S/C10H8ClFN2S/c1-5-9(13)15-10(14-5)7-4-6(11)2-3-8(7)12/h2-4H,13H2,1H3. The molecule has 1 heterocycles. The van der Waals surface area contributed by atoms with E-state index in [9.17, 15) is 4.39 Å². The molecule has 2 rings (SSSR count). The molecule has 0 spiro atoms. The first kappa shape index (κ1) is 10.4. The third-order valence-electron chi connectivity index (χ3n) is 1.99. The van der Waals surface area contributed by atoms with E-state index in [4.69, 9.17) is 17.3 Å². The van der Waals surface area contributed by atoms with E-state index in [1.165, 1.54) is 23.5 Å². The molecule has 0 unspecified atom stereocenters. The average Bonchev–Trinajstić information content (AvgIpc) is 2.51. The van der Waals surface area contributed by atoms with Crippen molar-refractivity contribution in [1.82, 2.24) is 4.98 Å². The summed E-state index contributed by atoms with van der Waals surface area (Å²) in [6, 6.07) is 4.38. The third kappa shape index (κ3) is 1.96. The molecule has 0 atom stereocenters. The lowest BCUT2D eigenvalue weighted by Crippen LogP contribution is -1.84. The Kier molecular flexibility index (Phi) is 2.63. The number of rotatable bonds is 1. The van der Waals surface area contributed by atoms with Gasteiger partial charge in [0.05, 0.1) is 5.69 Å². The van der Waals surface area contributed by atoms with Gasteiger partial charge in [-0.05, 0) is 25.1 Å². The first-order chi connectivity index (χ1) is 7.08. The molecule has 0 bridgehead atoms. The zero-order valence-corrected chi connectivity index (χ0v) is 9.49. The molecular weight excluding hydrogens is 235 g/mol. The van der Waals surface area contributed by atoms with Crippen molar-refractivity contribution in [3.05, 3.63) is 34.7 Å². The van der Waals surface area contributed by atoms with Gasteiger partial charge in [-0.15, -0.1) is 0 Å². The van der Waals surface area contributed by atoms with Gasteiger partial charge in [0, 0.05) is 10.6 Å². The Morgan fingerprint density at radius 1 is 1.47 bits per heavy atom. The number of aryl methyl sites for hydroxylation is 1. The van der Waals surface area contributed by atoms with Crippen molar-refractivity contribution in [3.63, 3.8) is 0 Å². The summed E-state index contributed by atoms with van der Waals surface area (Å²) in [5, 5.41) is 1.65. The number of thiazole rings is 1. The Morgan fingerprint density at radius 2 is 2.20 bits per heavy atom. The summed E-state index contributed by atoms with van der Waals surface area (Å²) < 4.78 is 13.5. The highest BCUT2D eigenvalue weighted by Crippen LogP contribution is 2.32. The number of nitrogens with zero attached hydrogens (tertiary/aromatic N) is 1. The fourth-order valence-corrected chi connectivity index (χ4v) is 2.21. The van der Waals surface area contributed by atoms with Crippen molar-refractivity contribution in [2.75, 3.05) is 5.73 Å². The van der Waals surface area contributed by atoms with Crippen LogP contribution in [0.1, 0.15) is 5.69 Å². The molecule has 2 aromatic rings. The highest BCUT2D eigenvalue weighted by atomic mass is 35.5. The van der Waals surface area contributed by atoms with E-state index < -0.39 is 0 Å². The van der Waals surface area contributed by atoms with Crippen LogP contribution in [0.2, 0.25) is 5.02 Å². The lowest BCUT2D eigenvalue weighted by molar-refractivity contribution is 0.631. The molecule has 0 saturated heterocycles.